The van der Waals surface area contributed by atoms with Crippen molar-refractivity contribution < 1.29 is 14.3 Å². The molecule has 6 heteroatoms. The van der Waals surface area contributed by atoms with E-state index in [0.717, 1.165) is 6.54 Å². The van der Waals surface area contributed by atoms with E-state index < -0.39 is 5.97 Å². The Morgan fingerprint density at radius 3 is 2.58 bits per heavy atom. The zero-order valence-corrected chi connectivity index (χ0v) is 15.5. The molecular weight excluding hydrogens is 330 g/mol. The molecule has 1 aliphatic carbocycles. The molecule has 0 aromatic heterocycles. The maximum atomic E-state index is 12.0. The van der Waals surface area contributed by atoms with E-state index in [1.165, 1.54) is 57.6 Å². The van der Waals surface area contributed by atoms with Crippen LogP contribution < -0.4 is 10.6 Å². The number of carbonyl (C=O) groups is 2. The van der Waals surface area contributed by atoms with Crippen LogP contribution in [0, 0.1) is 5.92 Å². The lowest BCUT2D eigenvalue weighted by atomic mass is 9.89. The minimum atomic E-state index is -0.464. The minimum Gasteiger partial charge on any atom is -0.466 e. The van der Waals surface area contributed by atoms with E-state index in [1.54, 1.807) is 12.2 Å². The molecule has 1 amide bonds. The maximum absolute atomic E-state index is 12.0. The van der Waals surface area contributed by atoms with E-state index in [1.807, 2.05) is 0 Å². The van der Waals surface area contributed by atoms with E-state index in [-0.39, 0.29) is 12.5 Å². The summed E-state index contributed by atoms with van der Waals surface area (Å²) in [5, 5.41) is 5.93. The summed E-state index contributed by atoms with van der Waals surface area (Å²) in [5.41, 5.74) is 0.522. The summed E-state index contributed by atoms with van der Waals surface area (Å²) >= 11 is 0. The summed E-state index contributed by atoms with van der Waals surface area (Å²) in [5.74, 6) is 0.554. The lowest BCUT2D eigenvalue weighted by molar-refractivity contribution is -0.134. The molecule has 6 nitrogen and oxygen atoms in total. The molecule has 1 fully saturated rings. The van der Waals surface area contributed by atoms with Crippen LogP contribution in [-0.2, 0) is 14.3 Å². The molecule has 142 valence electrons. The monoisotopic (exact) mass is 359 g/mol. The van der Waals surface area contributed by atoms with E-state index in [4.69, 9.17) is 0 Å². The average Bonchev–Trinajstić information content (AvgIpc) is 2.67. The number of nitrogens with one attached hydrogen (secondary N) is 2. The molecule has 0 aromatic carbocycles. The number of hydrogen-bond donors (Lipinski definition) is 2. The summed E-state index contributed by atoms with van der Waals surface area (Å²) < 4.78 is 4.50. The van der Waals surface area contributed by atoms with Crippen LogP contribution in [0.2, 0.25) is 0 Å². The highest BCUT2D eigenvalue weighted by Gasteiger charge is 2.14. The van der Waals surface area contributed by atoms with Gasteiger partial charge in [0.15, 0.2) is 0 Å². The summed E-state index contributed by atoms with van der Waals surface area (Å²) in [6, 6.07) is 0. The molecule has 0 aliphatic heterocycles. The molecule has 2 N–H and O–H groups in total. The van der Waals surface area contributed by atoms with Crippen molar-refractivity contribution in [3.05, 3.63) is 48.9 Å². The highest BCUT2D eigenvalue weighted by atomic mass is 16.5. The number of carbonyl (C=O) groups excluding carboxylic acids is 2. The summed E-state index contributed by atoms with van der Waals surface area (Å²) in [6.07, 6.45) is 13.7. The van der Waals surface area contributed by atoms with Crippen molar-refractivity contribution in [1.29, 1.82) is 0 Å². The summed E-state index contributed by atoms with van der Waals surface area (Å²) in [4.78, 5) is 27.2. The fourth-order valence-corrected chi connectivity index (χ4v) is 2.58. The SMILES string of the molecule is C=C/C=C(\N=CC(=C)/C=C/C(=O)OC)NCC(=O)NCC1CCCCC1. The first-order chi connectivity index (χ1) is 12.5. The first kappa shape index (κ1) is 21.4. The largest absolute Gasteiger partial charge is 0.466 e. The Hall–Kier alpha value is -2.63. The Morgan fingerprint density at radius 2 is 1.92 bits per heavy atom. The summed E-state index contributed by atoms with van der Waals surface area (Å²) in [6.45, 7) is 8.27. The Kier molecular flexibility index (Phi) is 10.5. The molecule has 1 aliphatic rings. The number of ether oxygens (including phenoxy) is 1. The van der Waals surface area contributed by atoms with Gasteiger partial charge >= 0.3 is 5.97 Å². The number of allylic oxidation sites excluding steroid dienone is 4. The van der Waals surface area contributed by atoms with Crippen molar-refractivity contribution in [2.75, 3.05) is 20.2 Å². The van der Waals surface area contributed by atoms with Gasteiger partial charge in [0.1, 0.15) is 5.82 Å². The number of hydrogen-bond acceptors (Lipinski definition) is 5. The Balaban J connectivity index is 2.40. The molecular formula is C20H29N3O3. The zero-order chi connectivity index (χ0) is 19.2. The second kappa shape index (κ2) is 12.7. The van der Waals surface area contributed by atoms with Gasteiger partial charge in [-0.15, -0.1) is 0 Å². The number of aliphatic imine (C=N–C) groups is 1. The highest BCUT2D eigenvalue weighted by Crippen LogP contribution is 2.22. The predicted octanol–water partition coefficient (Wildman–Crippen LogP) is 2.66. The maximum Gasteiger partial charge on any atom is 0.330 e. The van der Waals surface area contributed by atoms with E-state index in [9.17, 15) is 9.59 Å². The fourth-order valence-electron chi connectivity index (χ4n) is 2.58. The minimum absolute atomic E-state index is 0.0647. The number of nitrogens with zero attached hydrogens (tertiary/aromatic N) is 1. The van der Waals surface area contributed by atoms with Crippen LogP contribution in [0.25, 0.3) is 0 Å². The molecule has 0 atom stereocenters. The topological polar surface area (TPSA) is 79.8 Å². The van der Waals surface area contributed by atoms with Crippen molar-refractivity contribution in [2.45, 2.75) is 32.1 Å². The number of amides is 1. The van der Waals surface area contributed by atoms with Crippen molar-refractivity contribution in [1.82, 2.24) is 10.6 Å². The fraction of sp³-hybridized carbons (Fsp3) is 0.450. The lowest BCUT2D eigenvalue weighted by Crippen LogP contribution is -2.36. The van der Waals surface area contributed by atoms with Gasteiger partial charge in [-0.25, -0.2) is 9.79 Å². The molecule has 0 aromatic rings. The van der Waals surface area contributed by atoms with Gasteiger partial charge in [-0.2, -0.15) is 0 Å². The van der Waals surface area contributed by atoms with Gasteiger partial charge in [-0.1, -0.05) is 38.5 Å². The smallest absolute Gasteiger partial charge is 0.330 e. The third-order valence-electron chi connectivity index (χ3n) is 4.02. The Morgan fingerprint density at radius 1 is 1.19 bits per heavy atom. The number of esters is 1. The molecule has 0 unspecified atom stereocenters. The van der Waals surface area contributed by atoms with Gasteiger partial charge in [0.2, 0.25) is 5.91 Å². The standard InChI is InChI=1S/C20H29N3O3/c1-4-8-18(21-13-16(2)11-12-20(25)26-3)22-15-19(24)23-14-17-9-6-5-7-10-17/h4,8,11-13,17,22H,1-2,5-7,9-10,14-15H2,3H3,(H,23,24)/b12-11+,18-8+,21-13?. The van der Waals surface area contributed by atoms with Crippen molar-refractivity contribution in [3.63, 3.8) is 0 Å². The third-order valence-corrected chi connectivity index (χ3v) is 4.02. The van der Waals surface area contributed by atoms with Crippen LogP contribution in [0.3, 0.4) is 0 Å². The van der Waals surface area contributed by atoms with Crippen LogP contribution >= 0.6 is 0 Å². The average molecular weight is 359 g/mol. The van der Waals surface area contributed by atoms with Crippen molar-refractivity contribution in [3.8, 4) is 0 Å². The molecule has 0 bridgehead atoms. The number of methoxy groups -OCH3 is 1. The Bertz CT molecular complexity index is 585. The second-order valence-electron chi connectivity index (χ2n) is 6.14. The third kappa shape index (κ3) is 9.61. The first-order valence-corrected chi connectivity index (χ1v) is 8.87. The van der Waals surface area contributed by atoms with Gasteiger partial charge in [0.05, 0.1) is 13.7 Å². The molecule has 0 radical (unpaired) electrons. The second-order valence-corrected chi connectivity index (χ2v) is 6.14. The highest BCUT2D eigenvalue weighted by molar-refractivity contribution is 5.88. The summed E-state index contributed by atoms with van der Waals surface area (Å²) in [7, 11) is 1.30. The number of rotatable bonds is 10. The normalized spacial score (nSPS) is 15.8. The zero-order valence-electron chi connectivity index (χ0n) is 15.5. The van der Waals surface area contributed by atoms with Crippen LogP contribution in [0.15, 0.2) is 53.8 Å². The molecule has 1 saturated carbocycles. The van der Waals surface area contributed by atoms with Crippen LogP contribution in [0.4, 0.5) is 0 Å². The van der Waals surface area contributed by atoms with Gasteiger partial charge in [-0.3, -0.25) is 4.79 Å². The van der Waals surface area contributed by atoms with Crippen LogP contribution in [0.1, 0.15) is 32.1 Å². The lowest BCUT2D eigenvalue weighted by Gasteiger charge is -2.21. The Labute approximate surface area is 155 Å². The molecule has 0 heterocycles. The quantitative estimate of drug-likeness (QED) is 0.272. The molecule has 26 heavy (non-hydrogen) atoms. The van der Waals surface area contributed by atoms with Gasteiger partial charge in [0.25, 0.3) is 0 Å². The first-order valence-electron chi connectivity index (χ1n) is 8.87. The molecule has 0 spiro atoms. The van der Waals surface area contributed by atoms with Crippen LogP contribution in [0.5, 0.6) is 0 Å². The van der Waals surface area contributed by atoms with Gasteiger partial charge in [-0.05, 0) is 36.5 Å². The van der Waals surface area contributed by atoms with E-state index >= 15 is 0 Å². The molecule has 1 rings (SSSR count). The predicted molar refractivity (Wildman–Crippen MR) is 105 cm³/mol. The van der Waals surface area contributed by atoms with Gasteiger partial charge < -0.3 is 15.4 Å². The van der Waals surface area contributed by atoms with Crippen molar-refractivity contribution >= 4 is 18.1 Å². The molecule has 0 saturated heterocycles. The van der Waals surface area contributed by atoms with Gasteiger partial charge in [0, 0.05) is 18.8 Å². The van der Waals surface area contributed by atoms with E-state index in [0.29, 0.717) is 17.3 Å². The van der Waals surface area contributed by atoms with Crippen LogP contribution in [-0.4, -0.2) is 38.3 Å². The van der Waals surface area contributed by atoms with Crippen molar-refractivity contribution in [2.24, 2.45) is 10.9 Å². The van der Waals surface area contributed by atoms with E-state index in [2.05, 4.69) is 33.5 Å².